The Kier molecular flexibility index (Phi) is 8.33. The van der Waals surface area contributed by atoms with Gasteiger partial charge in [0.1, 0.15) is 29.1 Å². The van der Waals surface area contributed by atoms with Gasteiger partial charge in [-0.05, 0) is 50.7 Å². The van der Waals surface area contributed by atoms with Gasteiger partial charge in [-0.1, -0.05) is 39.3 Å². The van der Waals surface area contributed by atoms with Crippen LogP contribution in [0.4, 0.5) is 0 Å². The van der Waals surface area contributed by atoms with Crippen molar-refractivity contribution in [1.29, 1.82) is 0 Å². The molecule has 7 heteroatoms. The third-order valence-electron chi connectivity index (χ3n) is 6.00. The molecule has 1 aromatic carbocycles. The van der Waals surface area contributed by atoms with Crippen molar-refractivity contribution in [3.05, 3.63) is 59.1 Å². The van der Waals surface area contributed by atoms with Crippen LogP contribution in [0.2, 0.25) is 0 Å². The van der Waals surface area contributed by atoms with E-state index in [1.807, 2.05) is 13.0 Å². The lowest BCUT2D eigenvalue weighted by molar-refractivity contribution is -0.140. The van der Waals surface area contributed by atoms with E-state index in [0.29, 0.717) is 42.5 Å². The van der Waals surface area contributed by atoms with Gasteiger partial charge in [0.25, 0.3) is 11.7 Å². The van der Waals surface area contributed by atoms with Crippen LogP contribution < -0.4 is 4.74 Å². The molecule has 7 nitrogen and oxygen atoms in total. The second-order valence-electron chi connectivity index (χ2n) is 8.20. The maximum atomic E-state index is 13.1. The van der Waals surface area contributed by atoms with Crippen molar-refractivity contribution >= 4 is 17.4 Å². The van der Waals surface area contributed by atoms with Gasteiger partial charge in [0.2, 0.25) is 0 Å². The van der Waals surface area contributed by atoms with Crippen molar-refractivity contribution in [2.45, 2.75) is 46.6 Å². The minimum Gasteiger partial charge on any atom is -0.507 e. The molecular formula is C26H34N2O5. The van der Waals surface area contributed by atoms with Gasteiger partial charge in [-0.3, -0.25) is 9.59 Å². The average molecular weight is 455 g/mol. The number of furan rings is 1. The first-order valence-corrected chi connectivity index (χ1v) is 11.7. The topological polar surface area (TPSA) is 83.2 Å². The number of likely N-dealkylation sites (N-methyl/N-ethyl adjacent to an activating group) is 1. The Balaban J connectivity index is 2.00. The minimum atomic E-state index is -0.779. The molecule has 0 spiro atoms. The van der Waals surface area contributed by atoms with E-state index in [1.165, 1.54) is 4.90 Å². The monoisotopic (exact) mass is 454 g/mol. The number of unbranched alkanes of at least 4 members (excludes halogenated alkanes) is 1. The van der Waals surface area contributed by atoms with E-state index in [0.717, 1.165) is 25.9 Å². The minimum absolute atomic E-state index is 0.0413. The molecule has 1 amide bonds. The predicted molar refractivity (Wildman–Crippen MR) is 127 cm³/mol. The van der Waals surface area contributed by atoms with E-state index in [4.69, 9.17) is 9.15 Å². The van der Waals surface area contributed by atoms with E-state index in [2.05, 4.69) is 25.7 Å². The Morgan fingerprint density at radius 1 is 1.15 bits per heavy atom. The summed E-state index contributed by atoms with van der Waals surface area (Å²) >= 11 is 0. The van der Waals surface area contributed by atoms with Crippen molar-refractivity contribution in [2.75, 3.05) is 32.8 Å². The summed E-state index contributed by atoms with van der Waals surface area (Å²) in [6, 6.07) is 9.74. The fourth-order valence-corrected chi connectivity index (χ4v) is 4.02. The first-order chi connectivity index (χ1) is 15.9. The van der Waals surface area contributed by atoms with Crippen molar-refractivity contribution in [3.63, 3.8) is 0 Å². The van der Waals surface area contributed by atoms with Crippen LogP contribution in [0.3, 0.4) is 0 Å². The summed E-state index contributed by atoms with van der Waals surface area (Å²) in [4.78, 5) is 29.8. The average Bonchev–Trinajstić information content (AvgIpc) is 3.35. The zero-order valence-corrected chi connectivity index (χ0v) is 20.0. The van der Waals surface area contributed by atoms with Gasteiger partial charge in [0.15, 0.2) is 0 Å². The largest absolute Gasteiger partial charge is 0.507 e. The number of amides is 1. The highest BCUT2D eigenvalue weighted by molar-refractivity contribution is 6.46. The molecule has 33 heavy (non-hydrogen) atoms. The number of hydrogen-bond acceptors (Lipinski definition) is 6. The van der Waals surface area contributed by atoms with Gasteiger partial charge in [-0.2, -0.15) is 0 Å². The van der Waals surface area contributed by atoms with Gasteiger partial charge in [0, 0.05) is 18.7 Å². The van der Waals surface area contributed by atoms with E-state index >= 15 is 0 Å². The number of rotatable bonds is 11. The molecule has 178 valence electrons. The molecule has 1 aliphatic heterocycles. The molecule has 0 saturated carbocycles. The Hall–Kier alpha value is -3.06. The number of carbonyl (C=O) groups is 2. The Morgan fingerprint density at radius 2 is 1.91 bits per heavy atom. The summed E-state index contributed by atoms with van der Waals surface area (Å²) in [6.45, 7) is 11.2. The number of nitrogens with zero attached hydrogens (tertiary/aromatic N) is 2. The number of aryl methyl sites for hydroxylation is 1. The fourth-order valence-electron chi connectivity index (χ4n) is 4.02. The van der Waals surface area contributed by atoms with Crippen LogP contribution in [-0.4, -0.2) is 59.4 Å². The molecule has 1 unspecified atom stereocenters. The number of hydrogen-bond donors (Lipinski definition) is 1. The number of Topliss-reactive ketones (excluding diaryl/α,β-unsaturated/α-hetero) is 1. The molecular weight excluding hydrogens is 420 g/mol. The molecule has 2 aromatic rings. The lowest BCUT2D eigenvalue weighted by atomic mass is 9.99. The molecule has 0 aliphatic carbocycles. The molecule has 1 N–H and O–H groups in total. The summed E-state index contributed by atoms with van der Waals surface area (Å²) in [7, 11) is 0. The molecule has 0 bridgehead atoms. The number of carbonyl (C=O) groups excluding carboxylic acids is 2. The second kappa shape index (κ2) is 11.2. The Labute approximate surface area is 195 Å². The number of benzene rings is 1. The molecule has 2 heterocycles. The second-order valence-corrected chi connectivity index (χ2v) is 8.20. The Bertz CT molecular complexity index is 1010. The highest BCUT2D eigenvalue weighted by atomic mass is 16.5. The van der Waals surface area contributed by atoms with E-state index in [1.54, 1.807) is 30.3 Å². The number of likely N-dealkylation sites (tertiary alicyclic amines) is 1. The maximum absolute atomic E-state index is 13.1. The number of ether oxygens (including phenoxy) is 1. The SMILES string of the molecule is CCCCOc1cccc(/C(O)=C2\C(=O)C(=O)N(CCN(CC)CC)C2c2ccc(C)o2)c1. The highest BCUT2D eigenvalue weighted by Gasteiger charge is 2.47. The predicted octanol–water partition coefficient (Wildman–Crippen LogP) is 4.53. The highest BCUT2D eigenvalue weighted by Crippen LogP contribution is 2.40. The van der Waals surface area contributed by atoms with Crippen LogP contribution in [0, 0.1) is 6.92 Å². The maximum Gasteiger partial charge on any atom is 0.295 e. The smallest absolute Gasteiger partial charge is 0.295 e. The van der Waals surface area contributed by atoms with Crippen molar-refractivity contribution in [3.8, 4) is 5.75 Å². The van der Waals surface area contributed by atoms with Gasteiger partial charge >= 0.3 is 0 Å². The van der Waals surface area contributed by atoms with Crippen molar-refractivity contribution in [2.24, 2.45) is 0 Å². The first-order valence-electron chi connectivity index (χ1n) is 11.7. The summed E-state index contributed by atoms with van der Waals surface area (Å²) < 4.78 is 11.6. The van der Waals surface area contributed by atoms with Crippen LogP contribution in [0.15, 0.2) is 46.4 Å². The van der Waals surface area contributed by atoms with Gasteiger partial charge in [-0.15, -0.1) is 0 Å². The van der Waals surface area contributed by atoms with E-state index in [-0.39, 0.29) is 11.3 Å². The lowest BCUT2D eigenvalue weighted by Gasteiger charge is -2.26. The van der Waals surface area contributed by atoms with Crippen LogP contribution >= 0.6 is 0 Å². The summed E-state index contributed by atoms with van der Waals surface area (Å²) in [5, 5.41) is 11.2. The van der Waals surface area contributed by atoms with Crippen LogP contribution in [-0.2, 0) is 9.59 Å². The van der Waals surface area contributed by atoms with Crippen molar-refractivity contribution < 1.29 is 23.8 Å². The molecule has 1 aliphatic rings. The number of aliphatic hydroxyl groups excluding tert-OH is 1. The zero-order valence-electron chi connectivity index (χ0n) is 20.0. The first kappa shape index (κ1) is 24.6. The zero-order chi connectivity index (χ0) is 24.0. The molecule has 1 saturated heterocycles. The van der Waals surface area contributed by atoms with Crippen LogP contribution in [0.5, 0.6) is 5.75 Å². The summed E-state index contributed by atoms with van der Waals surface area (Å²) in [6.07, 6.45) is 1.94. The van der Waals surface area contributed by atoms with Gasteiger partial charge < -0.3 is 24.1 Å². The van der Waals surface area contributed by atoms with E-state index < -0.39 is 17.7 Å². The fraction of sp³-hybridized carbons (Fsp3) is 0.462. The van der Waals surface area contributed by atoms with Gasteiger partial charge in [-0.25, -0.2) is 0 Å². The Morgan fingerprint density at radius 3 is 2.55 bits per heavy atom. The summed E-state index contributed by atoms with van der Waals surface area (Å²) in [5.41, 5.74) is 0.471. The molecule has 1 atom stereocenters. The van der Waals surface area contributed by atoms with Crippen LogP contribution in [0.1, 0.15) is 56.7 Å². The molecule has 1 aromatic heterocycles. The molecule has 0 radical (unpaired) electrons. The molecule has 1 fully saturated rings. The lowest BCUT2D eigenvalue weighted by Crippen LogP contribution is -2.37. The quantitative estimate of drug-likeness (QED) is 0.232. The van der Waals surface area contributed by atoms with Gasteiger partial charge in [0.05, 0.1) is 12.2 Å². The normalized spacial score (nSPS) is 17.8. The van der Waals surface area contributed by atoms with Crippen molar-refractivity contribution in [1.82, 2.24) is 9.80 Å². The summed E-state index contributed by atoms with van der Waals surface area (Å²) in [5.74, 6) is 0.183. The standard InChI is InChI=1S/C26H34N2O5/c1-5-8-16-32-20-11-9-10-19(17-20)24(29)22-23(21-13-12-18(4)33-21)28(26(31)25(22)30)15-14-27(6-2)7-3/h9-13,17,23,29H,5-8,14-16H2,1-4H3/b24-22+. The third kappa shape index (κ3) is 5.47. The van der Waals surface area contributed by atoms with E-state index in [9.17, 15) is 14.7 Å². The van der Waals surface area contributed by atoms with Crippen LogP contribution in [0.25, 0.3) is 5.76 Å². The number of aliphatic hydroxyl groups is 1. The number of ketones is 1. The third-order valence-corrected chi connectivity index (χ3v) is 6.00. The molecule has 3 rings (SSSR count).